The second kappa shape index (κ2) is 9.01. The summed E-state index contributed by atoms with van der Waals surface area (Å²) in [5, 5.41) is 3.35. The zero-order chi connectivity index (χ0) is 21.1. The van der Waals surface area contributed by atoms with Gasteiger partial charge in [0.15, 0.2) is 17.3 Å². The van der Waals surface area contributed by atoms with Gasteiger partial charge in [-0.05, 0) is 24.3 Å². The van der Waals surface area contributed by atoms with Crippen molar-refractivity contribution in [3.8, 4) is 23.0 Å². The van der Waals surface area contributed by atoms with Crippen molar-refractivity contribution in [2.75, 3.05) is 19.5 Å². The molecule has 0 radical (unpaired) electrons. The third-order valence-corrected chi connectivity index (χ3v) is 6.22. The maximum Gasteiger partial charge on any atom is 0.165 e. The van der Waals surface area contributed by atoms with Gasteiger partial charge in [0, 0.05) is 32.7 Å². The molecule has 0 saturated carbocycles. The first-order valence-corrected chi connectivity index (χ1v) is 10.7. The lowest BCUT2D eigenvalue weighted by Gasteiger charge is -2.16. The van der Waals surface area contributed by atoms with Crippen LogP contribution in [0.25, 0.3) is 11.5 Å². The first kappa shape index (κ1) is 20.6. The number of nitrogens with zero attached hydrogens (tertiary/aromatic N) is 4. The zero-order valence-corrected chi connectivity index (χ0v) is 19.6. The quantitative estimate of drug-likeness (QED) is 0.362. The van der Waals surface area contributed by atoms with E-state index in [0.717, 1.165) is 37.4 Å². The highest BCUT2D eigenvalue weighted by atomic mass is 79.9. The van der Waals surface area contributed by atoms with Crippen molar-refractivity contribution in [3.05, 3.63) is 69.1 Å². The summed E-state index contributed by atoms with van der Waals surface area (Å²) in [6.07, 6.45) is 3.33. The molecule has 0 aromatic heterocycles. The summed E-state index contributed by atoms with van der Waals surface area (Å²) in [6, 6.07) is 11.7. The van der Waals surface area contributed by atoms with E-state index in [1.165, 1.54) is 0 Å². The number of nitrogens with one attached hydrogen (secondary N) is 1. The summed E-state index contributed by atoms with van der Waals surface area (Å²) < 4.78 is 14.8. The summed E-state index contributed by atoms with van der Waals surface area (Å²) in [4.78, 5) is 13.5. The second-order valence-electron chi connectivity index (χ2n) is 6.50. The molecule has 30 heavy (non-hydrogen) atoms. The third kappa shape index (κ3) is 4.13. The van der Waals surface area contributed by atoms with Crippen LogP contribution in [-0.2, 0) is 13.1 Å². The Hall–Kier alpha value is -2.65. The SMILES string of the molecule is COc1ccc(CNc2ncn(Cc3c(Br)cccc3Br)c3ncnc2-3)c(OC)c1. The number of anilines is 1. The molecule has 2 heterocycles. The van der Waals surface area contributed by atoms with Gasteiger partial charge in [-0.2, -0.15) is 0 Å². The molecule has 0 atom stereocenters. The molecule has 2 aromatic rings. The molecule has 0 unspecified atom stereocenters. The Bertz CT molecular complexity index is 1130. The van der Waals surface area contributed by atoms with Gasteiger partial charge >= 0.3 is 0 Å². The Morgan fingerprint density at radius 1 is 1.00 bits per heavy atom. The van der Waals surface area contributed by atoms with Crippen LogP contribution in [0.2, 0.25) is 0 Å². The number of hydrogen-bond acceptors (Lipinski definition) is 6. The van der Waals surface area contributed by atoms with Crippen molar-refractivity contribution in [2.45, 2.75) is 13.1 Å². The topological polar surface area (TPSA) is 74.1 Å². The fourth-order valence-corrected chi connectivity index (χ4v) is 4.41. The van der Waals surface area contributed by atoms with Gasteiger partial charge in [0.05, 0.1) is 27.1 Å². The van der Waals surface area contributed by atoms with E-state index in [-0.39, 0.29) is 0 Å². The summed E-state index contributed by atoms with van der Waals surface area (Å²) >= 11 is 7.23. The molecular formula is C21H19Br2N5O2. The van der Waals surface area contributed by atoms with Crippen molar-refractivity contribution in [3.63, 3.8) is 0 Å². The lowest BCUT2D eigenvalue weighted by atomic mass is 10.2. The van der Waals surface area contributed by atoms with Crippen molar-refractivity contribution >= 4 is 37.7 Å². The number of rotatable bonds is 7. The minimum Gasteiger partial charge on any atom is -0.497 e. The van der Waals surface area contributed by atoms with Gasteiger partial charge in [-0.3, -0.25) is 0 Å². The van der Waals surface area contributed by atoms with Gasteiger partial charge in [-0.25, -0.2) is 15.0 Å². The Labute approximate surface area is 191 Å². The van der Waals surface area contributed by atoms with Crippen LogP contribution in [0.5, 0.6) is 11.5 Å². The summed E-state index contributed by atoms with van der Waals surface area (Å²) in [7, 11) is 3.27. The number of imidazole rings is 1. The number of ether oxygens (including phenoxy) is 2. The third-order valence-electron chi connectivity index (χ3n) is 4.73. The van der Waals surface area contributed by atoms with Gasteiger partial charge in [0.2, 0.25) is 0 Å². The molecule has 2 aromatic carbocycles. The number of halogens is 2. The van der Waals surface area contributed by atoms with Crippen LogP contribution in [0.15, 0.2) is 58.0 Å². The Kier molecular flexibility index (Phi) is 6.19. The van der Waals surface area contributed by atoms with Crippen LogP contribution >= 0.6 is 31.9 Å². The summed E-state index contributed by atoms with van der Waals surface area (Å²) in [6.45, 7) is 1.14. The van der Waals surface area contributed by atoms with E-state index in [4.69, 9.17) is 9.47 Å². The van der Waals surface area contributed by atoms with Crippen LogP contribution in [0, 0.1) is 0 Å². The number of hydrogen-bond donors (Lipinski definition) is 1. The Balaban J connectivity index is 1.59. The van der Waals surface area contributed by atoms with E-state index in [1.54, 1.807) is 26.9 Å². The first-order valence-electron chi connectivity index (χ1n) is 9.14. The molecule has 2 aliphatic rings. The molecular weight excluding hydrogens is 514 g/mol. The van der Waals surface area contributed by atoms with Gasteiger partial charge in [-0.1, -0.05) is 37.9 Å². The van der Waals surface area contributed by atoms with E-state index in [9.17, 15) is 0 Å². The molecule has 0 saturated heterocycles. The molecule has 7 nitrogen and oxygen atoms in total. The molecule has 0 aliphatic carbocycles. The van der Waals surface area contributed by atoms with Crippen molar-refractivity contribution in [1.82, 2.24) is 19.5 Å². The summed E-state index contributed by atoms with van der Waals surface area (Å²) in [5.41, 5.74) is 2.81. The highest BCUT2D eigenvalue weighted by Crippen LogP contribution is 2.30. The van der Waals surface area contributed by atoms with Crippen LogP contribution < -0.4 is 14.8 Å². The second-order valence-corrected chi connectivity index (χ2v) is 8.21. The highest BCUT2D eigenvalue weighted by molar-refractivity contribution is 9.11. The highest BCUT2D eigenvalue weighted by Gasteiger charge is 2.18. The molecule has 0 spiro atoms. The fourth-order valence-electron chi connectivity index (χ4n) is 3.16. The molecule has 2 aliphatic heterocycles. The normalized spacial score (nSPS) is 10.9. The Morgan fingerprint density at radius 3 is 2.53 bits per heavy atom. The molecule has 0 bridgehead atoms. The molecule has 4 rings (SSSR count). The van der Waals surface area contributed by atoms with Crippen molar-refractivity contribution < 1.29 is 9.47 Å². The lowest BCUT2D eigenvalue weighted by Crippen LogP contribution is -2.12. The smallest absolute Gasteiger partial charge is 0.165 e. The van der Waals surface area contributed by atoms with Crippen molar-refractivity contribution in [1.29, 1.82) is 0 Å². The number of aromatic nitrogens is 4. The standard InChI is InChI=1S/C21H19Br2N5O2/c1-29-14-7-6-13(18(8-14)30-2)9-24-20-19-21(26-11-25-19)28(12-27-20)10-15-16(22)4-3-5-17(15)23/h3-8,11-12,24H,9-10H2,1-2H3. The number of fused-ring (bicyclic) bond motifs is 1. The van der Waals surface area contributed by atoms with Crippen LogP contribution in [0.4, 0.5) is 5.82 Å². The minimum atomic E-state index is 0.530. The predicted molar refractivity (Wildman–Crippen MR) is 122 cm³/mol. The minimum absolute atomic E-state index is 0.530. The Morgan fingerprint density at radius 2 is 1.80 bits per heavy atom. The van der Waals surface area contributed by atoms with Crippen LogP contribution in [0.1, 0.15) is 11.1 Å². The van der Waals surface area contributed by atoms with Gasteiger partial charge in [-0.15, -0.1) is 0 Å². The average Bonchev–Trinajstić information content (AvgIpc) is 3.26. The fraction of sp³-hybridized carbons (Fsp3) is 0.190. The molecule has 1 N–H and O–H groups in total. The van der Waals surface area contributed by atoms with E-state index in [2.05, 4.69) is 52.1 Å². The molecule has 154 valence electrons. The molecule has 9 heteroatoms. The summed E-state index contributed by atoms with van der Waals surface area (Å²) in [5.74, 6) is 2.92. The lowest BCUT2D eigenvalue weighted by molar-refractivity contribution is 0.391. The average molecular weight is 533 g/mol. The van der Waals surface area contributed by atoms with Crippen LogP contribution in [-0.4, -0.2) is 33.7 Å². The predicted octanol–water partition coefficient (Wildman–Crippen LogP) is 4.98. The van der Waals surface area contributed by atoms with E-state index >= 15 is 0 Å². The maximum absolute atomic E-state index is 5.48. The van der Waals surface area contributed by atoms with Crippen LogP contribution in [0.3, 0.4) is 0 Å². The van der Waals surface area contributed by atoms with E-state index < -0.39 is 0 Å². The molecule has 0 fully saturated rings. The van der Waals surface area contributed by atoms with E-state index in [1.807, 2.05) is 41.0 Å². The van der Waals surface area contributed by atoms with Gasteiger partial charge in [0.1, 0.15) is 17.8 Å². The largest absolute Gasteiger partial charge is 0.497 e. The monoisotopic (exact) mass is 531 g/mol. The number of methoxy groups -OCH3 is 2. The van der Waals surface area contributed by atoms with Gasteiger partial charge in [0.25, 0.3) is 0 Å². The molecule has 0 amide bonds. The zero-order valence-electron chi connectivity index (χ0n) is 16.4. The maximum atomic E-state index is 5.48. The first-order chi connectivity index (χ1) is 14.6. The van der Waals surface area contributed by atoms with E-state index in [0.29, 0.717) is 24.6 Å². The van der Waals surface area contributed by atoms with Crippen molar-refractivity contribution in [2.24, 2.45) is 0 Å². The number of benzene rings is 2. The van der Waals surface area contributed by atoms with Gasteiger partial charge < -0.3 is 19.4 Å².